The van der Waals surface area contributed by atoms with Gasteiger partial charge in [0.15, 0.2) is 28.6 Å². The predicted molar refractivity (Wildman–Crippen MR) is 255 cm³/mol. The van der Waals surface area contributed by atoms with Crippen molar-refractivity contribution in [2.45, 2.75) is 71.1 Å². The summed E-state index contributed by atoms with van der Waals surface area (Å²) in [4.78, 5) is 41.9. The number of hydrogen-bond donors (Lipinski definition) is 4. The number of para-hydroxylation sites is 2. The number of amides is 2. The molecule has 4 aromatic heterocycles. The molecular formula is C52H50N8O9. The second kappa shape index (κ2) is 17.7. The zero-order chi connectivity index (χ0) is 48.9. The Labute approximate surface area is 396 Å². The van der Waals surface area contributed by atoms with Crippen LogP contribution in [0.5, 0.6) is 11.5 Å². The molecule has 2 unspecified atom stereocenters. The fraction of sp³-hybridized carbons (Fsp3) is 0.250. The maximum Gasteiger partial charge on any atom is 0.358 e. The van der Waals surface area contributed by atoms with Crippen LogP contribution in [0.25, 0.3) is 22.6 Å². The second-order valence-electron chi connectivity index (χ2n) is 18.7. The van der Waals surface area contributed by atoms with Crippen molar-refractivity contribution in [1.29, 1.82) is 0 Å². The lowest BCUT2D eigenvalue weighted by Crippen LogP contribution is -2.30. The molecule has 352 valence electrons. The number of carboxylic acids is 1. The molecule has 2 aliphatic heterocycles. The highest BCUT2D eigenvalue weighted by molar-refractivity contribution is 6.12. The minimum absolute atomic E-state index is 0.171. The Bertz CT molecular complexity index is 3210. The number of H-pyrrole nitrogens is 2. The number of nitrogens with one attached hydrogen (secondary N) is 2. The van der Waals surface area contributed by atoms with E-state index >= 15 is 0 Å². The summed E-state index contributed by atoms with van der Waals surface area (Å²) < 4.78 is 21.8. The molecule has 2 atom stereocenters. The minimum Gasteiger partial charge on any atom is -0.496 e. The summed E-state index contributed by atoms with van der Waals surface area (Å²) in [6.45, 7) is 12.3. The van der Waals surface area contributed by atoms with E-state index in [1.165, 1.54) is 6.07 Å². The van der Waals surface area contributed by atoms with E-state index in [1.807, 2.05) is 72.8 Å². The lowest BCUT2D eigenvalue weighted by Gasteiger charge is -2.29. The van der Waals surface area contributed by atoms with Gasteiger partial charge in [-0.15, -0.1) is 0 Å². The van der Waals surface area contributed by atoms with Crippen LogP contribution < -0.4 is 19.3 Å². The normalized spacial score (nSPS) is 15.5. The molecule has 0 saturated carbocycles. The Morgan fingerprint density at radius 3 is 1.43 bits per heavy atom. The van der Waals surface area contributed by atoms with Gasteiger partial charge in [-0.25, -0.2) is 4.79 Å². The van der Waals surface area contributed by atoms with E-state index in [9.17, 15) is 19.5 Å². The number of aliphatic hydroxyl groups excluding tert-OH is 1. The van der Waals surface area contributed by atoms with E-state index in [1.54, 1.807) is 54.4 Å². The van der Waals surface area contributed by atoms with Crippen molar-refractivity contribution in [1.82, 2.24) is 30.7 Å². The van der Waals surface area contributed by atoms with Gasteiger partial charge in [0.05, 0.1) is 32.9 Å². The molecule has 10 rings (SSSR count). The van der Waals surface area contributed by atoms with Gasteiger partial charge in [0.2, 0.25) is 0 Å². The molecule has 0 saturated heterocycles. The Kier molecular flexibility index (Phi) is 11.8. The summed E-state index contributed by atoms with van der Waals surface area (Å²) in [6, 6.07) is 32.2. The van der Waals surface area contributed by atoms with Gasteiger partial charge in [0, 0.05) is 79.1 Å². The fourth-order valence-corrected chi connectivity index (χ4v) is 8.94. The van der Waals surface area contributed by atoms with Crippen LogP contribution in [-0.2, 0) is 17.4 Å². The number of rotatable bonds is 10. The number of aromatic amines is 2. The first-order valence-corrected chi connectivity index (χ1v) is 22.1. The SMILES string of the molecule is COc1ccccc1C1c2c(n[nH]c2C(C)(C)C)C(=O)N1c1ccc(-c2cc(C(=O)O)no2)cc1.COc1ccccc1C1c2c(n[nH]c2C(C)(C)C)C(=O)N1c1ccc(-c2cc(CO)no2)cc1. The third-order valence-electron chi connectivity index (χ3n) is 12.2. The Balaban J connectivity index is 0.000000172. The molecule has 0 bridgehead atoms. The zero-order valence-electron chi connectivity index (χ0n) is 39.2. The first kappa shape index (κ1) is 45.8. The maximum atomic E-state index is 13.7. The summed E-state index contributed by atoms with van der Waals surface area (Å²) >= 11 is 0. The van der Waals surface area contributed by atoms with Gasteiger partial charge in [-0.1, -0.05) is 88.3 Å². The smallest absolute Gasteiger partial charge is 0.358 e. The van der Waals surface area contributed by atoms with Gasteiger partial charge in [-0.2, -0.15) is 10.2 Å². The number of fused-ring (bicyclic) bond motifs is 2. The molecule has 4 N–H and O–H groups in total. The third-order valence-corrected chi connectivity index (χ3v) is 12.2. The van der Waals surface area contributed by atoms with Crippen LogP contribution in [0.3, 0.4) is 0 Å². The van der Waals surface area contributed by atoms with E-state index < -0.39 is 18.1 Å². The number of aliphatic hydroxyl groups is 1. The van der Waals surface area contributed by atoms with Crippen LogP contribution in [0.4, 0.5) is 11.4 Å². The standard InChI is InChI=1S/C26H24N4O5.C26H26N4O4/c1-26(2,3)23-20-21(27-28-23)24(31)30(22(20)16-7-5-6-8-18(16)34-4)15-11-9-14(10-12-15)19-13-17(25(32)33)29-35-19;1-26(2,3)24-21-22(27-28-24)25(32)30(23(21)18-7-5-6-8-19(18)33-4)17-11-9-15(10-12-17)20-13-16(14-31)29-34-20/h5-13,22H,1-4H3,(H,27,28)(H,32,33);5-13,23,31H,14H2,1-4H3,(H,27,28). The number of carboxylic acid groups (broad SMARTS) is 1. The first-order valence-electron chi connectivity index (χ1n) is 22.1. The minimum atomic E-state index is -1.16. The van der Waals surface area contributed by atoms with Gasteiger partial charge in [0.25, 0.3) is 11.8 Å². The highest BCUT2D eigenvalue weighted by atomic mass is 16.5. The van der Waals surface area contributed by atoms with Crippen LogP contribution in [0.2, 0.25) is 0 Å². The maximum absolute atomic E-state index is 13.7. The monoisotopic (exact) mass is 930 g/mol. The van der Waals surface area contributed by atoms with Crippen LogP contribution >= 0.6 is 0 Å². The molecule has 2 amide bonds. The molecule has 0 aliphatic carbocycles. The van der Waals surface area contributed by atoms with E-state index in [4.69, 9.17) is 23.6 Å². The number of nitrogens with zero attached hydrogens (tertiary/aromatic N) is 6. The Morgan fingerprint density at radius 2 is 1.06 bits per heavy atom. The number of benzene rings is 4. The van der Waals surface area contributed by atoms with E-state index in [0.29, 0.717) is 51.4 Å². The lowest BCUT2D eigenvalue weighted by molar-refractivity contribution is 0.0685. The number of carbonyl (C=O) groups is 3. The van der Waals surface area contributed by atoms with E-state index in [0.717, 1.165) is 44.9 Å². The first-order chi connectivity index (χ1) is 33.0. The largest absolute Gasteiger partial charge is 0.496 e. The van der Waals surface area contributed by atoms with Crippen LogP contribution in [-0.4, -0.2) is 72.9 Å². The summed E-state index contributed by atoms with van der Waals surface area (Å²) in [5, 5.41) is 40.8. The molecule has 2 aliphatic rings. The average Bonchev–Trinajstić information content (AvgIpc) is 4.21. The molecule has 6 heterocycles. The van der Waals surface area contributed by atoms with Gasteiger partial charge >= 0.3 is 5.97 Å². The molecule has 17 nitrogen and oxygen atoms in total. The van der Waals surface area contributed by atoms with Crippen molar-refractivity contribution in [3.05, 3.63) is 166 Å². The number of methoxy groups -OCH3 is 2. The summed E-state index contributed by atoms with van der Waals surface area (Å²) in [7, 11) is 3.24. The van der Waals surface area contributed by atoms with Gasteiger partial charge in [-0.05, 0) is 60.7 Å². The Morgan fingerprint density at radius 1 is 0.638 bits per heavy atom. The summed E-state index contributed by atoms with van der Waals surface area (Å²) in [5.41, 5.74) is 8.66. The highest BCUT2D eigenvalue weighted by Crippen LogP contribution is 2.49. The van der Waals surface area contributed by atoms with Crippen molar-refractivity contribution in [3.8, 4) is 34.1 Å². The van der Waals surface area contributed by atoms with Crippen molar-refractivity contribution >= 4 is 29.2 Å². The van der Waals surface area contributed by atoms with Crippen molar-refractivity contribution in [2.75, 3.05) is 24.0 Å². The number of hydrogen-bond acceptors (Lipinski definition) is 12. The predicted octanol–water partition coefficient (Wildman–Crippen LogP) is 9.43. The number of anilines is 2. The third kappa shape index (κ3) is 8.20. The van der Waals surface area contributed by atoms with Crippen LogP contribution in [0, 0.1) is 0 Å². The number of aromatic carboxylic acids is 1. The van der Waals surface area contributed by atoms with Crippen LogP contribution in [0.1, 0.15) is 124 Å². The molecule has 4 aromatic carbocycles. The molecule has 8 aromatic rings. The fourth-order valence-electron chi connectivity index (χ4n) is 8.94. The van der Waals surface area contributed by atoms with Crippen molar-refractivity contribution in [3.63, 3.8) is 0 Å². The average molecular weight is 931 g/mol. The number of ether oxygens (including phenoxy) is 2. The lowest BCUT2D eigenvalue weighted by atomic mass is 9.85. The summed E-state index contributed by atoms with van der Waals surface area (Å²) in [6.07, 6.45) is 0. The number of aromatic nitrogens is 6. The van der Waals surface area contributed by atoms with E-state index in [2.05, 4.69) is 72.3 Å². The van der Waals surface area contributed by atoms with Crippen molar-refractivity contribution < 1.29 is 43.1 Å². The topological polar surface area (TPSA) is 226 Å². The molecule has 69 heavy (non-hydrogen) atoms. The van der Waals surface area contributed by atoms with Gasteiger partial charge in [-0.3, -0.25) is 29.6 Å². The van der Waals surface area contributed by atoms with E-state index in [-0.39, 0.29) is 34.9 Å². The molecule has 0 radical (unpaired) electrons. The van der Waals surface area contributed by atoms with Crippen molar-refractivity contribution in [2.24, 2.45) is 0 Å². The molecule has 17 heteroatoms. The molecule has 0 fully saturated rings. The molecular weight excluding hydrogens is 881 g/mol. The quantitative estimate of drug-likeness (QED) is 0.100. The van der Waals surface area contributed by atoms with Crippen LogP contribution in [0.15, 0.2) is 118 Å². The highest BCUT2D eigenvalue weighted by Gasteiger charge is 2.47. The Hall–Kier alpha value is -8.31. The van der Waals surface area contributed by atoms with Gasteiger partial charge in [0.1, 0.15) is 17.2 Å². The zero-order valence-corrected chi connectivity index (χ0v) is 39.2. The number of carbonyl (C=O) groups excluding carboxylic acids is 2. The second-order valence-corrected chi connectivity index (χ2v) is 18.7. The molecule has 0 spiro atoms. The summed E-state index contributed by atoms with van der Waals surface area (Å²) in [5.74, 6) is 0.690. The van der Waals surface area contributed by atoms with Gasteiger partial charge < -0.3 is 28.7 Å².